The standard InChI is InChI=1S/C17H15N5O/c23-17-13-6-1-2-7-14(13)19-16-15(8-4-10-22(16)17)21-20-12-5-3-9-18-11-12/h1-3,5-7,9,11,20H,4,8,10H2/b21-15+. The van der Waals surface area contributed by atoms with Gasteiger partial charge in [-0.2, -0.15) is 5.10 Å². The Kier molecular flexibility index (Phi) is 3.34. The lowest BCUT2D eigenvalue weighted by atomic mass is 10.1. The zero-order chi connectivity index (χ0) is 15.6. The van der Waals surface area contributed by atoms with Crippen LogP contribution in [-0.4, -0.2) is 20.2 Å². The molecule has 0 bridgehead atoms. The van der Waals surface area contributed by atoms with E-state index in [1.165, 1.54) is 0 Å². The Bertz CT molecular complexity index is 946. The van der Waals surface area contributed by atoms with Crippen LogP contribution >= 0.6 is 0 Å². The maximum atomic E-state index is 12.6. The number of nitrogens with zero attached hydrogens (tertiary/aromatic N) is 4. The summed E-state index contributed by atoms with van der Waals surface area (Å²) in [4.78, 5) is 21.3. The Labute approximate surface area is 132 Å². The number of hydrazone groups is 1. The van der Waals surface area contributed by atoms with E-state index in [4.69, 9.17) is 0 Å². The highest BCUT2D eigenvalue weighted by Crippen LogP contribution is 2.16. The first-order valence-corrected chi connectivity index (χ1v) is 7.55. The predicted molar refractivity (Wildman–Crippen MR) is 89.6 cm³/mol. The molecule has 0 spiro atoms. The molecule has 0 radical (unpaired) electrons. The van der Waals surface area contributed by atoms with Gasteiger partial charge in [0.25, 0.3) is 5.56 Å². The van der Waals surface area contributed by atoms with Gasteiger partial charge in [-0.05, 0) is 37.1 Å². The maximum absolute atomic E-state index is 12.6. The van der Waals surface area contributed by atoms with Crippen LogP contribution in [0.15, 0.2) is 58.7 Å². The second-order valence-electron chi connectivity index (χ2n) is 5.42. The van der Waals surface area contributed by atoms with Crippen LogP contribution in [0.1, 0.15) is 18.7 Å². The van der Waals surface area contributed by atoms with E-state index in [1.807, 2.05) is 36.4 Å². The van der Waals surface area contributed by atoms with Gasteiger partial charge in [-0.25, -0.2) is 4.98 Å². The first-order valence-electron chi connectivity index (χ1n) is 7.55. The highest BCUT2D eigenvalue weighted by Gasteiger charge is 2.20. The predicted octanol–water partition coefficient (Wildman–Crippen LogP) is 2.40. The number of nitrogens with one attached hydrogen (secondary N) is 1. The number of pyridine rings is 1. The number of anilines is 1. The molecular formula is C17H15N5O. The quantitative estimate of drug-likeness (QED) is 0.738. The first-order chi connectivity index (χ1) is 11.3. The van der Waals surface area contributed by atoms with Crippen molar-refractivity contribution in [3.8, 4) is 0 Å². The van der Waals surface area contributed by atoms with Crippen LogP contribution in [-0.2, 0) is 6.54 Å². The monoisotopic (exact) mass is 305 g/mol. The fraction of sp³-hybridized carbons (Fsp3) is 0.176. The molecule has 4 rings (SSSR count). The topological polar surface area (TPSA) is 72.2 Å². The van der Waals surface area contributed by atoms with Crippen molar-refractivity contribution < 1.29 is 0 Å². The zero-order valence-corrected chi connectivity index (χ0v) is 12.4. The molecule has 1 aromatic carbocycles. The molecular weight excluding hydrogens is 290 g/mol. The number of hydrogen-bond donors (Lipinski definition) is 1. The molecule has 1 aliphatic rings. The zero-order valence-electron chi connectivity index (χ0n) is 12.4. The summed E-state index contributed by atoms with van der Waals surface area (Å²) in [6.45, 7) is 0.678. The molecule has 1 aliphatic heterocycles. The van der Waals surface area contributed by atoms with Crippen LogP contribution in [0.2, 0.25) is 0 Å². The minimum Gasteiger partial charge on any atom is -0.291 e. The van der Waals surface area contributed by atoms with Crippen molar-refractivity contribution >= 4 is 22.3 Å². The molecule has 6 nitrogen and oxygen atoms in total. The third-order valence-corrected chi connectivity index (χ3v) is 3.90. The van der Waals surface area contributed by atoms with Gasteiger partial charge in [-0.1, -0.05) is 12.1 Å². The molecule has 1 N–H and O–H groups in total. The van der Waals surface area contributed by atoms with E-state index in [2.05, 4.69) is 20.5 Å². The van der Waals surface area contributed by atoms with Gasteiger partial charge in [0.2, 0.25) is 0 Å². The Morgan fingerprint density at radius 2 is 2.09 bits per heavy atom. The van der Waals surface area contributed by atoms with Crippen molar-refractivity contribution in [2.75, 3.05) is 5.43 Å². The Morgan fingerprint density at radius 1 is 1.17 bits per heavy atom. The van der Waals surface area contributed by atoms with E-state index in [9.17, 15) is 4.79 Å². The lowest BCUT2D eigenvalue weighted by Crippen LogP contribution is -2.32. The van der Waals surface area contributed by atoms with Crippen molar-refractivity contribution in [2.24, 2.45) is 5.10 Å². The number of benzene rings is 1. The third-order valence-electron chi connectivity index (χ3n) is 3.90. The second-order valence-corrected chi connectivity index (χ2v) is 5.42. The molecule has 6 heteroatoms. The maximum Gasteiger partial charge on any atom is 0.261 e. The molecule has 0 fully saturated rings. The summed E-state index contributed by atoms with van der Waals surface area (Å²) in [5.74, 6) is 0.649. The van der Waals surface area contributed by atoms with Gasteiger partial charge in [-0.15, -0.1) is 0 Å². The molecule has 0 aliphatic carbocycles. The fourth-order valence-corrected chi connectivity index (χ4v) is 2.78. The molecule has 114 valence electrons. The number of fused-ring (bicyclic) bond motifs is 2. The van der Waals surface area contributed by atoms with Crippen LogP contribution in [0.5, 0.6) is 0 Å². The Morgan fingerprint density at radius 3 is 2.96 bits per heavy atom. The molecule has 0 saturated heterocycles. The van der Waals surface area contributed by atoms with Crippen molar-refractivity contribution in [2.45, 2.75) is 19.4 Å². The van der Waals surface area contributed by atoms with Gasteiger partial charge in [0, 0.05) is 12.7 Å². The van der Waals surface area contributed by atoms with E-state index in [0.717, 1.165) is 24.2 Å². The van der Waals surface area contributed by atoms with Crippen molar-refractivity contribution in [3.05, 3.63) is 65.0 Å². The van der Waals surface area contributed by atoms with E-state index in [1.54, 1.807) is 17.0 Å². The van der Waals surface area contributed by atoms with Gasteiger partial charge in [0.15, 0.2) is 5.82 Å². The number of aromatic nitrogens is 3. The minimum atomic E-state index is -0.000576. The highest BCUT2D eigenvalue weighted by atomic mass is 16.1. The van der Waals surface area contributed by atoms with Crippen LogP contribution in [0, 0.1) is 0 Å². The number of hydrogen-bond acceptors (Lipinski definition) is 5. The SMILES string of the molecule is O=c1c2ccccc2nc2n1CCC/C2=N\Nc1cccnc1. The summed E-state index contributed by atoms with van der Waals surface area (Å²) in [7, 11) is 0. The average molecular weight is 305 g/mol. The first kappa shape index (κ1) is 13.6. The Balaban J connectivity index is 1.80. The summed E-state index contributed by atoms with van der Waals surface area (Å²) in [6.07, 6.45) is 5.08. The van der Waals surface area contributed by atoms with Crippen LogP contribution in [0.3, 0.4) is 0 Å². The van der Waals surface area contributed by atoms with Gasteiger partial charge >= 0.3 is 0 Å². The van der Waals surface area contributed by atoms with E-state index in [0.29, 0.717) is 23.3 Å². The highest BCUT2D eigenvalue weighted by molar-refractivity contribution is 5.99. The normalized spacial score (nSPS) is 15.6. The van der Waals surface area contributed by atoms with Crippen LogP contribution < -0.4 is 11.0 Å². The largest absolute Gasteiger partial charge is 0.291 e. The molecule has 3 heterocycles. The Hall–Kier alpha value is -3.02. The summed E-state index contributed by atoms with van der Waals surface area (Å²) in [5.41, 5.74) is 5.30. The summed E-state index contributed by atoms with van der Waals surface area (Å²) >= 11 is 0. The van der Waals surface area contributed by atoms with Crippen LogP contribution in [0.4, 0.5) is 5.69 Å². The molecule has 2 aromatic heterocycles. The summed E-state index contributed by atoms with van der Waals surface area (Å²) < 4.78 is 1.72. The van der Waals surface area contributed by atoms with E-state index in [-0.39, 0.29) is 5.56 Å². The number of para-hydroxylation sites is 1. The van der Waals surface area contributed by atoms with Gasteiger partial charge in [0.05, 0.1) is 22.8 Å². The smallest absolute Gasteiger partial charge is 0.261 e. The lowest BCUT2D eigenvalue weighted by molar-refractivity contribution is 0.597. The molecule has 0 amide bonds. The van der Waals surface area contributed by atoms with Crippen molar-refractivity contribution in [3.63, 3.8) is 0 Å². The van der Waals surface area contributed by atoms with Gasteiger partial charge in [-0.3, -0.25) is 19.8 Å². The third kappa shape index (κ3) is 2.48. The van der Waals surface area contributed by atoms with E-state index < -0.39 is 0 Å². The molecule has 0 atom stereocenters. The lowest BCUT2D eigenvalue weighted by Gasteiger charge is -2.19. The summed E-state index contributed by atoms with van der Waals surface area (Å²) in [6, 6.07) is 11.2. The minimum absolute atomic E-state index is 0.000576. The molecule has 23 heavy (non-hydrogen) atoms. The fourth-order valence-electron chi connectivity index (χ4n) is 2.78. The van der Waals surface area contributed by atoms with Crippen LogP contribution in [0.25, 0.3) is 10.9 Å². The average Bonchev–Trinajstić information content (AvgIpc) is 2.61. The second kappa shape index (κ2) is 5.64. The van der Waals surface area contributed by atoms with Gasteiger partial charge in [0.1, 0.15) is 5.71 Å². The molecule has 0 unspecified atom stereocenters. The molecule has 3 aromatic rings. The molecule has 0 saturated carbocycles. The van der Waals surface area contributed by atoms with E-state index >= 15 is 0 Å². The number of rotatable bonds is 2. The van der Waals surface area contributed by atoms with Crippen molar-refractivity contribution in [1.29, 1.82) is 0 Å². The van der Waals surface area contributed by atoms with Crippen molar-refractivity contribution in [1.82, 2.24) is 14.5 Å². The summed E-state index contributed by atoms with van der Waals surface area (Å²) in [5, 5.41) is 5.10. The van der Waals surface area contributed by atoms with Gasteiger partial charge < -0.3 is 0 Å².